The summed E-state index contributed by atoms with van der Waals surface area (Å²) in [5.41, 5.74) is 6.00. The van der Waals surface area contributed by atoms with Gasteiger partial charge in [0.2, 0.25) is 5.91 Å². The number of hydrogen-bond acceptors (Lipinski definition) is 7. The minimum atomic E-state index is -4.72. The molecular formula is C31H29F3N6O2S. The van der Waals surface area contributed by atoms with E-state index < -0.39 is 6.36 Å². The molecule has 12 heteroatoms. The van der Waals surface area contributed by atoms with Crippen LogP contribution in [0.15, 0.2) is 89.2 Å². The summed E-state index contributed by atoms with van der Waals surface area (Å²) < 4.78 is 42.8. The van der Waals surface area contributed by atoms with E-state index in [1.807, 2.05) is 61.7 Å². The van der Waals surface area contributed by atoms with Crippen molar-refractivity contribution in [2.75, 3.05) is 16.0 Å². The summed E-state index contributed by atoms with van der Waals surface area (Å²) >= 11 is 1.37. The Bertz CT molecular complexity index is 1650. The number of aryl methyl sites for hydroxylation is 1. The van der Waals surface area contributed by atoms with Crippen LogP contribution in [0.4, 0.5) is 24.5 Å². The minimum absolute atomic E-state index is 0.0195. The maximum absolute atomic E-state index is 12.7. The van der Waals surface area contributed by atoms with Gasteiger partial charge in [0.15, 0.2) is 5.17 Å². The molecule has 8 nitrogen and oxygen atoms in total. The predicted molar refractivity (Wildman–Crippen MR) is 164 cm³/mol. The largest absolute Gasteiger partial charge is 0.573 e. The molecule has 1 aromatic heterocycles. The van der Waals surface area contributed by atoms with E-state index in [1.54, 1.807) is 15.8 Å². The highest BCUT2D eigenvalue weighted by atomic mass is 32.2. The van der Waals surface area contributed by atoms with Crippen LogP contribution in [0.1, 0.15) is 42.1 Å². The number of halogens is 3. The lowest BCUT2D eigenvalue weighted by molar-refractivity contribution is -0.274. The molecule has 0 unspecified atom stereocenters. The second-order valence-corrected chi connectivity index (χ2v) is 11.0. The number of carbonyl (C=O) groups excluding carboxylic acids is 1. The van der Waals surface area contributed by atoms with Gasteiger partial charge in [0.1, 0.15) is 5.75 Å². The van der Waals surface area contributed by atoms with Crippen molar-refractivity contribution in [3.05, 3.63) is 101 Å². The average Bonchev–Trinajstić information content (AvgIpc) is 3.53. The number of rotatable bonds is 9. The van der Waals surface area contributed by atoms with Crippen molar-refractivity contribution >= 4 is 40.4 Å². The SMILES string of the molecule is Cc1nn(-c2ccc(/C=N/N=C3\SCC(=O)N3c3ccccc3C(C)C)cc2)cc1CNc1ccc(OC(F)(F)F)cc1. The highest BCUT2D eigenvalue weighted by Gasteiger charge is 2.32. The van der Waals surface area contributed by atoms with Gasteiger partial charge in [-0.1, -0.05) is 55.9 Å². The summed E-state index contributed by atoms with van der Waals surface area (Å²) in [5, 5.41) is 16.9. The van der Waals surface area contributed by atoms with Crippen LogP contribution < -0.4 is 15.0 Å². The van der Waals surface area contributed by atoms with E-state index in [-0.39, 0.29) is 17.6 Å². The summed E-state index contributed by atoms with van der Waals surface area (Å²) in [6.45, 7) is 6.52. The van der Waals surface area contributed by atoms with Gasteiger partial charge in [-0.05, 0) is 66.4 Å². The van der Waals surface area contributed by atoms with Gasteiger partial charge in [-0.2, -0.15) is 10.2 Å². The van der Waals surface area contributed by atoms with Crippen molar-refractivity contribution in [1.82, 2.24) is 9.78 Å². The first-order chi connectivity index (χ1) is 20.6. The summed E-state index contributed by atoms with van der Waals surface area (Å²) in [6.07, 6.45) is -1.18. The Labute approximate surface area is 251 Å². The Morgan fingerprint density at radius 3 is 2.49 bits per heavy atom. The van der Waals surface area contributed by atoms with Crippen molar-refractivity contribution in [3.63, 3.8) is 0 Å². The number of amides is 1. The number of alkyl halides is 3. The van der Waals surface area contributed by atoms with E-state index in [9.17, 15) is 18.0 Å². The average molecular weight is 607 g/mol. The number of amidine groups is 1. The van der Waals surface area contributed by atoms with Gasteiger partial charge in [-0.3, -0.25) is 9.69 Å². The predicted octanol–water partition coefficient (Wildman–Crippen LogP) is 7.28. The minimum Gasteiger partial charge on any atom is -0.406 e. The van der Waals surface area contributed by atoms with Crippen LogP contribution in [0.3, 0.4) is 0 Å². The third-order valence-corrected chi connectivity index (χ3v) is 7.56. The third kappa shape index (κ3) is 7.44. The molecule has 0 saturated carbocycles. The van der Waals surface area contributed by atoms with Gasteiger partial charge in [0.25, 0.3) is 0 Å². The van der Waals surface area contributed by atoms with Crippen LogP contribution in [0.25, 0.3) is 5.69 Å². The zero-order chi connectivity index (χ0) is 30.6. The lowest BCUT2D eigenvalue weighted by atomic mass is 10.0. The fraction of sp³-hybridized carbons (Fsp3) is 0.226. The standard InChI is InChI=1S/C31H29F3N6O2S/c1-20(2)27-6-4-5-7-28(27)40-29(41)19-43-30(40)37-36-16-22-8-12-25(13-9-22)39-18-23(21(3)38-39)17-35-24-10-14-26(15-11-24)42-31(32,33)34/h4-16,18,20,35H,17,19H2,1-3H3/b36-16+,37-30-. The highest BCUT2D eigenvalue weighted by Crippen LogP contribution is 2.33. The molecule has 0 radical (unpaired) electrons. The second kappa shape index (κ2) is 12.7. The van der Waals surface area contributed by atoms with Crippen molar-refractivity contribution < 1.29 is 22.7 Å². The van der Waals surface area contributed by atoms with E-state index in [1.165, 1.54) is 36.0 Å². The number of para-hydroxylation sites is 1. The zero-order valence-electron chi connectivity index (χ0n) is 23.7. The number of nitrogens with one attached hydrogen (secondary N) is 1. The van der Waals surface area contributed by atoms with Gasteiger partial charge >= 0.3 is 6.36 Å². The van der Waals surface area contributed by atoms with Gasteiger partial charge in [0.05, 0.1) is 29.0 Å². The van der Waals surface area contributed by atoms with E-state index in [4.69, 9.17) is 0 Å². The molecule has 0 bridgehead atoms. The van der Waals surface area contributed by atoms with Crippen LogP contribution in [0.5, 0.6) is 5.75 Å². The summed E-state index contributed by atoms with van der Waals surface area (Å²) in [5.74, 6) is 0.282. The number of nitrogens with zero attached hydrogens (tertiary/aromatic N) is 5. The van der Waals surface area contributed by atoms with Crippen LogP contribution in [-0.2, 0) is 11.3 Å². The van der Waals surface area contributed by atoms with Crippen molar-refractivity contribution in [2.45, 2.75) is 39.6 Å². The molecule has 5 rings (SSSR count). The van der Waals surface area contributed by atoms with Gasteiger partial charge in [-0.25, -0.2) is 4.68 Å². The molecule has 1 amide bonds. The summed E-state index contributed by atoms with van der Waals surface area (Å²) in [7, 11) is 0. The number of anilines is 2. The third-order valence-electron chi connectivity index (χ3n) is 6.64. The number of thioether (sulfide) groups is 1. The maximum atomic E-state index is 12.7. The Morgan fingerprint density at radius 1 is 1.07 bits per heavy atom. The lowest BCUT2D eigenvalue weighted by Crippen LogP contribution is -2.30. The second-order valence-electron chi connectivity index (χ2n) is 10.1. The smallest absolute Gasteiger partial charge is 0.406 e. The molecule has 0 spiro atoms. The van der Waals surface area contributed by atoms with Gasteiger partial charge in [-0.15, -0.1) is 18.3 Å². The molecule has 1 saturated heterocycles. The van der Waals surface area contributed by atoms with E-state index in [2.05, 4.69) is 39.2 Å². The molecule has 4 aromatic rings. The normalized spacial score (nSPS) is 14.8. The molecule has 2 heterocycles. The maximum Gasteiger partial charge on any atom is 0.573 e. The Hall–Kier alpha value is -4.58. The number of carbonyl (C=O) groups is 1. The van der Waals surface area contributed by atoms with Gasteiger partial charge < -0.3 is 10.1 Å². The number of aromatic nitrogens is 2. The fourth-order valence-electron chi connectivity index (χ4n) is 4.48. The van der Waals surface area contributed by atoms with E-state index in [0.29, 0.717) is 23.2 Å². The molecule has 222 valence electrons. The van der Waals surface area contributed by atoms with Crippen LogP contribution in [-0.4, -0.2) is 39.2 Å². The molecule has 43 heavy (non-hydrogen) atoms. The first-order valence-electron chi connectivity index (χ1n) is 13.5. The first kappa shape index (κ1) is 29.9. The quantitative estimate of drug-likeness (QED) is 0.160. The van der Waals surface area contributed by atoms with Crippen molar-refractivity contribution in [3.8, 4) is 11.4 Å². The Morgan fingerprint density at radius 2 is 1.79 bits per heavy atom. The van der Waals surface area contributed by atoms with Crippen molar-refractivity contribution in [2.24, 2.45) is 10.2 Å². The first-order valence-corrected chi connectivity index (χ1v) is 14.5. The number of hydrogen-bond donors (Lipinski definition) is 1. The summed E-state index contributed by atoms with van der Waals surface area (Å²) in [6, 6.07) is 21.0. The number of ether oxygens (including phenoxy) is 1. The molecule has 1 fully saturated rings. The van der Waals surface area contributed by atoms with Crippen LogP contribution in [0, 0.1) is 6.92 Å². The molecular weight excluding hydrogens is 577 g/mol. The summed E-state index contributed by atoms with van der Waals surface area (Å²) in [4.78, 5) is 14.3. The van der Waals surface area contributed by atoms with Crippen LogP contribution >= 0.6 is 11.8 Å². The molecule has 1 aliphatic rings. The highest BCUT2D eigenvalue weighted by molar-refractivity contribution is 8.15. The van der Waals surface area contributed by atoms with E-state index >= 15 is 0 Å². The van der Waals surface area contributed by atoms with Crippen molar-refractivity contribution in [1.29, 1.82) is 0 Å². The molecule has 1 N–H and O–H groups in total. The fourth-order valence-corrected chi connectivity index (χ4v) is 5.30. The molecule has 3 aromatic carbocycles. The topological polar surface area (TPSA) is 84.1 Å². The van der Waals surface area contributed by atoms with Crippen LogP contribution in [0.2, 0.25) is 0 Å². The van der Waals surface area contributed by atoms with E-state index in [0.717, 1.165) is 33.8 Å². The molecule has 0 atom stereocenters. The number of benzene rings is 3. The lowest BCUT2D eigenvalue weighted by Gasteiger charge is -2.20. The Balaban J connectivity index is 1.22. The molecule has 1 aliphatic heterocycles. The Kier molecular flexibility index (Phi) is 8.86. The zero-order valence-corrected chi connectivity index (χ0v) is 24.5. The molecule has 0 aliphatic carbocycles. The van der Waals surface area contributed by atoms with Gasteiger partial charge in [0, 0.05) is 24.0 Å². The monoisotopic (exact) mass is 606 g/mol.